The number of hydrogen-bond donors (Lipinski definition) is 0. The van der Waals surface area contributed by atoms with Gasteiger partial charge in [-0.1, -0.05) is 60.2 Å². The van der Waals surface area contributed by atoms with Crippen LogP contribution in [0, 0.1) is 18.6 Å². The molecule has 1 nitrogen and oxygen atoms in total. The molecule has 0 spiro atoms. The molecule has 0 radical (unpaired) electrons. The summed E-state index contributed by atoms with van der Waals surface area (Å²) in [6.45, 7) is 2.03. The molecule has 4 aromatic carbocycles. The minimum absolute atomic E-state index is 0.279. The smallest absolute Gasteiger partial charge is 0.123 e. The maximum atomic E-state index is 13.4. The van der Waals surface area contributed by atoms with Gasteiger partial charge in [-0.3, -0.25) is 4.99 Å². The number of halogens is 2. The van der Waals surface area contributed by atoms with Crippen molar-refractivity contribution in [1.82, 2.24) is 0 Å². The van der Waals surface area contributed by atoms with Crippen molar-refractivity contribution in [2.75, 3.05) is 0 Å². The third-order valence-corrected chi connectivity index (χ3v) is 4.79. The first-order valence-corrected chi connectivity index (χ1v) is 9.36. The van der Waals surface area contributed by atoms with E-state index in [0.717, 1.165) is 33.5 Å². The monoisotopic (exact) mass is 383 g/mol. The van der Waals surface area contributed by atoms with Gasteiger partial charge in [-0.15, -0.1) is 0 Å². The van der Waals surface area contributed by atoms with Crippen LogP contribution in [0.5, 0.6) is 0 Å². The first kappa shape index (κ1) is 18.8. The van der Waals surface area contributed by atoms with Crippen molar-refractivity contribution < 1.29 is 8.78 Å². The van der Waals surface area contributed by atoms with E-state index < -0.39 is 0 Å². The summed E-state index contributed by atoms with van der Waals surface area (Å²) in [5.41, 5.74) is 6.55. The molecule has 0 saturated carbocycles. The lowest BCUT2D eigenvalue weighted by atomic mass is 9.92. The Hall–Kier alpha value is -3.59. The van der Waals surface area contributed by atoms with E-state index in [1.54, 1.807) is 24.3 Å². The summed E-state index contributed by atoms with van der Waals surface area (Å²) in [6.07, 6.45) is 1.82. The summed E-state index contributed by atoms with van der Waals surface area (Å²) in [6, 6.07) is 26.7. The second-order valence-electron chi connectivity index (χ2n) is 6.87. The van der Waals surface area contributed by atoms with E-state index in [1.165, 1.54) is 29.8 Å². The van der Waals surface area contributed by atoms with E-state index in [0.29, 0.717) is 0 Å². The highest BCUT2D eigenvalue weighted by molar-refractivity contribution is 5.99. The third-order valence-electron chi connectivity index (χ3n) is 4.79. The molecular formula is C26H19F2N. The Bertz CT molecular complexity index is 1080. The number of rotatable bonds is 4. The quantitative estimate of drug-likeness (QED) is 0.327. The topological polar surface area (TPSA) is 12.4 Å². The molecule has 0 saturated heterocycles. The summed E-state index contributed by atoms with van der Waals surface area (Å²) >= 11 is 0. The Morgan fingerprint density at radius 2 is 1.10 bits per heavy atom. The lowest BCUT2D eigenvalue weighted by Gasteiger charge is -2.13. The number of aryl methyl sites for hydroxylation is 1. The maximum absolute atomic E-state index is 13.4. The Balaban J connectivity index is 1.86. The number of hydrogen-bond acceptors (Lipinski definition) is 1. The zero-order chi connectivity index (χ0) is 20.2. The molecule has 0 N–H and O–H groups in total. The third kappa shape index (κ3) is 4.30. The highest BCUT2D eigenvalue weighted by Crippen LogP contribution is 2.32. The summed E-state index contributed by atoms with van der Waals surface area (Å²) < 4.78 is 26.9. The number of benzene rings is 4. The van der Waals surface area contributed by atoms with Crippen LogP contribution in [0.2, 0.25) is 0 Å². The fourth-order valence-electron chi connectivity index (χ4n) is 3.24. The predicted octanol–water partition coefficient (Wildman–Crippen LogP) is 7.36. The van der Waals surface area contributed by atoms with Crippen LogP contribution in [-0.2, 0) is 0 Å². The van der Waals surface area contributed by atoms with Gasteiger partial charge in [0.2, 0.25) is 0 Å². The lowest BCUT2D eigenvalue weighted by Crippen LogP contribution is -1.94. The number of nitrogens with zero attached hydrogens (tertiary/aromatic N) is 1. The van der Waals surface area contributed by atoms with Crippen molar-refractivity contribution in [3.05, 3.63) is 114 Å². The van der Waals surface area contributed by atoms with Gasteiger partial charge in [-0.05, 0) is 65.6 Å². The first-order valence-electron chi connectivity index (χ1n) is 9.36. The Kier molecular flexibility index (Phi) is 5.30. The lowest BCUT2D eigenvalue weighted by molar-refractivity contribution is 0.627. The van der Waals surface area contributed by atoms with Gasteiger partial charge in [-0.2, -0.15) is 0 Å². The highest BCUT2D eigenvalue weighted by Gasteiger charge is 2.11. The van der Waals surface area contributed by atoms with Crippen LogP contribution in [0.15, 0.2) is 96.0 Å². The van der Waals surface area contributed by atoms with E-state index in [2.05, 4.69) is 4.99 Å². The van der Waals surface area contributed by atoms with Crippen LogP contribution < -0.4 is 0 Å². The van der Waals surface area contributed by atoms with Gasteiger partial charge in [-0.25, -0.2) is 8.78 Å². The normalized spacial score (nSPS) is 11.1. The summed E-state index contributed by atoms with van der Waals surface area (Å²) in [4.78, 5) is 4.65. The molecule has 0 aliphatic carbocycles. The molecule has 0 bridgehead atoms. The molecule has 0 fully saturated rings. The van der Waals surface area contributed by atoms with E-state index in [4.69, 9.17) is 0 Å². The van der Waals surface area contributed by atoms with Gasteiger partial charge in [0.1, 0.15) is 11.6 Å². The molecule has 0 heterocycles. The second-order valence-corrected chi connectivity index (χ2v) is 6.87. The molecule has 0 amide bonds. The standard InChI is InChI=1S/C26H19F2N/c1-18-5-15-23(16-6-18)29-17-26-24(19-7-11-21(27)12-8-19)3-2-4-25(26)20-9-13-22(28)14-10-20/h2-17H,1H3. The van der Waals surface area contributed by atoms with Crippen molar-refractivity contribution in [3.8, 4) is 22.3 Å². The molecule has 0 unspecified atom stereocenters. The Morgan fingerprint density at radius 1 is 0.621 bits per heavy atom. The van der Waals surface area contributed by atoms with Crippen molar-refractivity contribution in [2.45, 2.75) is 6.92 Å². The molecular weight excluding hydrogens is 364 g/mol. The molecule has 3 heteroatoms. The predicted molar refractivity (Wildman–Crippen MR) is 116 cm³/mol. The minimum atomic E-state index is -0.279. The summed E-state index contributed by atoms with van der Waals surface area (Å²) in [7, 11) is 0. The van der Waals surface area contributed by atoms with E-state index >= 15 is 0 Å². The van der Waals surface area contributed by atoms with Gasteiger partial charge in [0.25, 0.3) is 0 Å². The molecule has 0 aliphatic heterocycles. The second kappa shape index (κ2) is 8.19. The van der Waals surface area contributed by atoms with Gasteiger partial charge in [0.05, 0.1) is 5.69 Å². The average molecular weight is 383 g/mol. The van der Waals surface area contributed by atoms with Gasteiger partial charge in [0, 0.05) is 11.8 Å². The van der Waals surface area contributed by atoms with Gasteiger partial charge < -0.3 is 0 Å². The Morgan fingerprint density at radius 3 is 1.59 bits per heavy atom. The van der Waals surface area contributed by atoms with Crippen LogP contribution in [0.4, 0.5) is 14.5 Å². The van der Waals surface area contributed by atoms with E-state index in [-0.39, 0.29) is 11.6 Å². The average Bonchev–Trinajstić information content (AvgIpc) is 2.74. The fraction of sp³-hybridized carbons (Fsp3) is 0.0385. The van der Waals surface area contributed by atoms with Crippen molar-refractivity contribution in [2.24, 2.45) is 4.99 Å². The molecule has 0 atom stereocenters. The molecule has 0 aliphatic rings. The van der Waals surface area contributed by atoms with Gasteiger partial charge in [0.15, 0.2) is 0 Å². The summed E-state index contributed by atoms with van der Waals surface area (Å²) in [5.74, 6) is -0.559. The van der Waals surface area contributed by atoms with Gasteiger partial charge >= 0.3 is 0 Å². The zero-order valence-corrected chi connectivity index (χ0v) is 15.9. The van der Waals surface area contributed by atoms with Crippen LogP contribution in [-0.4, -0.2) is 6.21 Å². The largest absolute Gasteiger partial charge is 0.256 e. The highest BCUT2D eigenvalue weighted by atomic mass is 19.1. The van der Waals surface area contributed by atoms with E-state index in [9.17, 15) is 8.78 Å². The summed E-state index contributed by atoms with van der Waals surface area (Å²) in [5, 5.41) is 0. The Labute approximate surface area is 169 Å². The first-order chi connectivity index (χ1) is 14.1. The van der Waals surface area contributed by atoms with Crippen LogP contribution in [0.25, 0.3) is 22.3 Å². The fourth-order valence-corrected chi connectivity index (χ4v) is 3.24. The van der Waals surface area contributed by atoms with Crippen molar-refractivity contribution in [3.63, 3.8) is 0 Å². The molecule has 4 aromatic rings. The van der Waals surface area contributed by atoms with Crippen LogP contribution in [0.1, 0.15) is 11.1 Å². The molecule has 29 heavy (non-hydrogen) atoms. The number of aliphatic imine (C=N–C) groups is 1. The van der Waals surface area contributed by atoms with Crippen LogP contribution >= 0.6 is 0 Å². The molecule has 142 valence electrons. The van der Waals surface area contributed by atoms with E-state index in [1.807, 2.05) is 55.6 Å². The SMILES string of the molecule is Cc1ccc(N=Cc2c(-c3ccc(F)cc3)cccc2-c2ccc(F)cc2)cc1. The zero-order valence-electron chi connectivity index (χ0n) is 15.9. The van der Waals surface area contributed by atoms with Crippen molar-refractivity contribution >= 4 is 11.9 Å². The minimum Gasteiger partial charge on any atom is -0.256 e. The maximum Gasteiger partial charge on any atom is 0.123 e. The molecule has 4 rings (SSSR count). The van der Waals surface area contributed by atoms with Crippen molar-refractivity contribution in [1.29, 1.82) is 0 Å². The molecule has 0 aromatic heterocycles. The van der Waals surface area contributed by atoms with Crippen LogP contribution in [0.3, 0.4) is 0 Å².